The number of fused-ring (bicyclic) bond motifs is 1. The lowest BCUT2D eigenvalue weighted by Crippen LogP contribution is -2.29. The van der Waals surface area contributed by atoms with E-state index in [2.05, 4.69) is 10.3 Å². The Morgan fingerprint density at radius 2 is 2.17 bits per heavy atom. The maximum Gasteiger partial charge on any atom is 0.253 e. The number of halogens is 1. The summed E-state index contributed by atoms with van der Waals surface area (Å²) in [6.07, 6.45) is 1.69. The number of carbonyl (C=O) groups is 1. The second kappa shape index (κ2) is 5.83. The quantitative estimate of drug-likeness (QED) is 0.861. The fourth-order valence-corrected chi connectivity index (χ4v) is 1.81. The molecule has 2 rings (SSSR count). The van der Waals surface area contributed by atoms with E-state index in [1.165, 1.54) is 0 Å². The van der Waals surface area contributed by atoms with Gasteiger partial charge in [-0.05, 0) is 18.1 Å². The van der Waals surface area contributed by atoms with Crippen molar-refractivity contribution in [1.82, 2.24) is 10.3 Å². The van der Waals surface area contributed by atoms with Crippen molar-refractivity contribution < 1.29 is 4.79 Å². The molecule has 0 aliphatic heterocycles. The number of rotatable bonds is 4. The van der Waals surface area contributed by atoms with E-state index in [0.29, 0.717) is 18.0 Å². The highest BCUT2D eigenvalue weighted by atomic mass is 35.5. The molecule has 1 heterocycles. The Balaban J connectivity index is 2.22. The van der Waals surface area contributed by atoms with Crippen molar-refractivity contribution in [3.8, 4) is 0 Å². The lowest BCUT2D eigenvalue weighted by molar-refractivity contribution is 0.0950. The fraction of sp³-hybridized carbons (Fsp3) is 0.286. The van der Waals surface area contributed by atoms with E-state index in [4.69, 9.17) is 11.6 Å². The molecule has 3 nitrogen and oxygen atoms in total. The fourth-order valence-electron chi connectivity index (χ4n) is 1.70. The molecule has 0 saturated heterocycles. The van der Waals surface area contributed by atoms with Crippen LogP contribution in [0.5, 0.6) is 0 Å². The molecule has 1 N–H and O–H groups in total. The molecule has 1 aromatic heterocycles. The van der Waals surface area contributed by atoms with Crippen LogP contribution in [0.3, 0.4) is 0 Å². The highest BCUT2D eigenvalue weighted by Gasteiger charge is 2.11. The number of amides is 1. The average molecular weight is 263 g/mol. The summed E-state index contributed by atoms with van der Waals surface area (Å²) in [7, 11) is 0. The van der Waals surface area contributed by atoms with E-state index < -0.39 is 0 Å². The molecule has 0 radical (unpaired) electrons. The van der Waals surface area contributed by atoms with E-state index >= 15 is 0 Å². The van der Waals surface area contributed by atoms with Crippen molar-refractivity contribution in [2.45, 2.75) is 6.92 Å². The first-order valence-electron chi connectivity index (χ1n) is 5.90. The van der Waals surface area contributed by atoms with Gasteiger partial charge in [-0.3, -0.25) is 9.78 Å². The van der Waals surface area contributed by atoms with Crippen molar-refractivity contribution in [3.05, 3.63) is 42.1 Å². The zero-order valence-corrected chi connectivity index (χ0v) is 10.9. The molecule has 2 aromatic rings. The molecular formula is C14H15ClN2O. The molecule has 4 heteroatoms. The average Bonchev–Trinajstić information content (AvgIpc) is 2.43. The van der Waals surface area contributed by atoms with Crippen molar-refractivity contribution in [1.29, 1.82) is 0 Å². The van der Waals surface area contributed by atoms with Gasteiger partial charge in [0.15, 0.2) is 0 Å². The number of nitrogens with one attached hydrogen (secondary N) is 1. The molecule has 1 amide bonds. The first-order chi connectivity index (χ1) is 8.72. The standard InChI is InChI=1S/C14H15ClN2O/c1-10(8-15)9-17-14(18)12-6-2-4-11-5-3-7-16-13(11)12/h2-7,10H,8-9H2,1H3,(H,17,18). The van der Waals surface area contributed by atoms with Crippen molar-refractivity contribution >= 4 is 28.4 Å². The highest BCUT2D eigenvalue weighted by Crippen LogP contribution is 2.15. The summed E-state index contributed by atoms with van der Waals surface area (Å²) in [4.78, 5) is 16.3. The lowest BCUT2D eigenvalue weighted by Gasteiger charge is -2.10. The zero-order valence-electron chi connectivity index (χ0n) is 10.2. The number of benzene rings is 1. The predicted octanol–water partition coefficient (Wildman–Crippen LogP) is 2.84. The second-order valence-electron chi connectivity index (χ2n) is 4.35. The van der Waals surface area contributed by atoms with Crippen LogP contribution in [-0.4, -0.2) is 23.3 Å². The summed E-state index contributed by atoms with van der Waals surface area (Å²) < 4.78 is 0. The van der Waals surface area contributed by atoms with Crippen LogP contribution in [0.15, 0.2) is 36.5 Å². The van der Waals surface area contributed by atoms with E-state index in [-0.39, 0.29) is 11.8 Å². The molecule has 0 aliphatic rings. The Morgan fingerprint density at radius 1 is 1.39 bits per heavy atom. The molecule has 0 fully saturated rings. The molecule has 1 unspecified atom stereocenters. The first kappa shape index (κ1) is 12.8. The van der Waals surface area contributed by atoms with Crippen LogP contribution in [0.4, 0.5) is 0 Å². The van der Waals surface area contributed by atoms with Gasteiger partial charge in [0.25, 0.3) is 5.91 Å². The third-order valence-electron chi connectivity index (χ3n) is 2.75. The third kappa shape index (κ3) is 2.79. The molecular weight excluding hydrogens is 248 g/mol. The number of carbonyl (C=O) groups excluding carboxylic acids is 1. The van der Waals surface area contributed by atoms with Gasteiger partial charge < -0.3 is 5.32 Å². The van der Waals surface area contributed by atoms with Gasteiger partial charge in [-0.15, -0.1) is 11.6 Å². The van der Waals surface area contributed by atoms with Crippen LogP contribution in [0.25, 0.3) is 10.9 Å². The minimum atomic E-state index is -0.101. The van der Waals surface area contributed by atoms with Crippen LogP contribution in [0, 0.1) is 5.92 Å². The summed E-state index contributed by atoms with van der Waals surface area (Å²) in [6.45, 7) is 2.57. The Labute approximate surface area is 111 Å². The van der Waals surface area contributed by atoms with Crippen molar-refractivity contribution in [3.63, 3.8) is 0 Å². The van der Waals surface area contributed by atoms with Gasteiger partial charge >= 0.3 is 0 Å². The van der Waals surface area contributed by atoms with Crippen molar-refractivity contribution in [2.24, 2.45) is 5.92 Å². The number of hydrogen-bond donors (Lipinski definition) is 1. The molecule has 0 spiro atoms. The summed E-state index contributed by atoms with van der Waals surface area (Å²) >= 11 is 5.71. The predicted molar refractivity (Wildman–Crippen MR) is 74.0 cm³/mol. The maximum atomic E-state index is 12.1. The number of alkyl halides is 1. The minimum absolute atomic E-state index is 0.101. The van der Waals surface area contributed by atoms with E-state index in [1.54, 1.807) is 12.3 Å². The number of nitrogens with zero attached hydrogens (tertiary/aromatic N) is 1. The molecule has 0 saturated carbocycles. The molecule has 94 valence electrons. The monoisotopic (exact) mass is 262 g/mol. The lowest BCUT2D eigenvalue weighted by atomic mass is 10.1. The maximum absolute atomic E-state index is 12.1. The van der Waals surface area contributed by atoms with Gasteiger partial charge in [0.1, 0.15) is 0 Å². The van der Waals surface area contributed by atoms with Crippen LogP contribution in [0.1, 0.15) is 17.3 Å². The van der Waals surface area contributed by atoms with E-state index in [1.807, 2.05) is 31.2 Å². The first-order valence-corrected chi connectivity index (χ1v) is 6.43. The summed E-state index contributed by atoms with van der Waals surface area (Å²) in [5.74, 6) is 0.698. The van der Waals surface area contributed by atoms with Gasteiger partial charge in [0.2, 0.25) is 0 Å². The SMILES string of the molecule is CC(CCl)CNC(=O)c1cccc2cccnc12. The largest absolute Gasteiger partial charge is 0.352 e. The summed E-state index contributed by atoms with van der Waals surface area (Å²) in [5, 5.41) is 3.85. The van der Waals surface area contributed by atoms with Gasteiger partial charge in [0.05, 0.1) is 11.1 Å². The van der Waals surface area contributed by atoms with E-state index in [9.17, 15) is 4.79 Å². The number of para-hydroxylation sites is 1. The second-order valence-corrected chi connectivity index (χ2v) is 4.66. The Morgan fingerprint density at radius 3 is 2.94 bits per heavy atom. The van der Waals surface area contributed by atoms with Crippen LogP contribution < -0.4 is 5.32 Å². The van der Waals surface area contributed by atoms with Gasteiger partial charge in [0, 0.05) is 24.0 Å². The molecule has 1 atom stereocenters. The van der Waals surface area contributed by atoms with Crippen LogP contribution in [-0.2, 0) is 0 Å². The zero-order chi connectivity index (χ0) is 13.0. The topological polar surface area (TPSA) is 42.0 Å². The molecule has 18 heavy (non-hydrogen) atoms. The number of aromatic nitrogens is 1. The van der Waals surface area contributed by atoms with Gasteiger partial charge in [-0.2, -0.15) is 0 Å². The van der Waals surface area contributed by atoms with Crippen molar-refractivity contribution in [2.75, 3.05) is 12.4 Å². The third-order valence-corrected chi connectivity index (χ3v) is 3.28. The molecule has 1 aromatic carbocycles. The van der Waals surface area contributed by atoms with Gasteiger partial charge in [-0.1, -0.05) is 25.1 Å². The Kier molecular flexibility index (Phi) is 4.15. The Hall–Kier alpha value is -1.61. The number of hydrogen-bond acceptors (Lipinski definition) is 2. The van der Waals surface area contributed by atoms with Crippen LogP contribution in [0.2, 0.25) is 0 Å². The summed E-state index contributed by atoms with van der Waals surface area (Å²) in [5.41, 5.74) is 1.34. The molecule has 0 aliphatic carbocycles. The Bertz CT molecular complexity index is 551. The summed E-state index contributed by atoms with van der Waals surface area (Å²) in [6, 6.07) is 9.40. The molecule has 0 bridgehead atoms. The highest BCUT2D eigenvalue weighted by molar-refractivity contribution is 6.18. The van der Waals surface area contributed by atoms with Gasteiger partial charge in [-0.25, -0.2) is 0 Å². The van der Waals surface area contributed by atoms with E-state index in [0.717, 1.165) is 10.9 Å². The van der Waals surface area contributed by atoms with Crippen LogP contribution >= 0.6 is 11.6 Å². The smallest absolute Gasteiger partial charge is 0.253 e. The number of pyridine rings is 1. The normalized spacial score (nSPS) is 12.3. The minimum Gasteiger partial charge on any atom is -0.352 e.